The van der Waals surface area contributed by atoms with Gasteiger partial charge in [0.2, 0.25) is 0 Å². The minimum atomic E-state index is 0.642. The summed E-state index contributed by atoms with van der Waals surface area (Å²) in [5, 5.41) is 7.28. The molecule has 5 heteroatoms. The summed E-state index contributed by atoms with van der Waals surface area (Å²) in [7, 11) is 0. The molecule has 0 amide bonds. The zero-order chi connectivity index (χ0) is 53.4. The summed E-state index contributed by atoms with van der Waals surface area (Å²) in [6, 6.07) is 107. The molecular formula is C76H49N5. The van der Waals surface area contributed by atoms with E-state index in [0.717, 1.165) is 95.1 Å². The van der Waals surface area contributed by atoms with E-state index in [-0.39, 0.29) is 0 Å². The molecule has 4 heterocycles. The van der Waals surface area contributed by atoms with Gasteiger partial charge in [0, 0.05) is 66.1 Å². The van der Waals surface area contributed by atoms with Gasteiger partial charge in [-0.3, -0.25) is 0 Å². The van der Waals surface area contributed by atoms with Crippen LogP contribution in [0.15, 0.2) is 297 Å². The number of hydrogen-bond donors (Lipinski definition) is 0. The molecule has 4 aromatic heterocycles. The maximum Gasteiger partial charge on any atom is 0.160 e. The second kappa shape index (κ2) is 18.9. The summed E-state index contributed by atoms with van der Waals surface area (Å²) in [5.74, 6) is 0.642. The fourth-order valence-corrected chi connectivity index (χ4v) is 12.5. The highest BCUT2D eigenvalue weighted by Crippen LogP contribution is 2.41. The first-order valence-electron chi connectivity index (χ1n) is 27.6. The predicted molar refractivity (Wildman–Crippen MR) is 338 cm³/mol. The minimum Gasteiger partial charge on any atom is -0.309 e. The van der Waals surface area contributed by atoms with Crippen LogP contribution in [0.1, 0.15) is 0 Å². The molecule has 0 unspecified atom stereocenters. The molecule has 378 valence electrons. The fraction of sp³-hybridized carbons (Fsp3) is 0. The molecule has 81 heavy (non-hydrogen) atoms. The van der Waals surface area contributed by atoms with Crippen molar-refractivity contribution in [3.05, 3.63) is 297 Å². The van der Waals surface area contributed by atoms with E-state index in [1.807, 2.05) is 0 Å². The van der Waals surface area contributed by atoms with Gasteiger partial charge in [0.25, 0.3) is 0 Å². The third-order valence-electron chi connectivity index (χ3n) is 16.2. The van der Waals surface area contributed by atoms with E-state index in [1.54, 1.807) is 0 Å². The molecule has 0 saturated heterocycles. The van der Waals surface area contributed by atoms with E-state index < -0.39 is 0 Å². The van der Waals surface area contributed by atoms with Gasteiger partial charge in [-0.05, 0) is 143 Å². The van der Waals surface area contributed by atoms with Crippen LogP contribution in [0, 0.1) is 0 Å². The first kappa shape index (κ1) is 46.2. The molecule has 5 nitrogen and oxygen atoms in total. The van der Waals surface area contributed by atoms with E-state index in [9.17, 15) is 0 Å². The second-order valence-corrected chi connectivity index (χ2v) is 21.0. The Bertz CT molecular complexity index is 4920. The molecule has 0 saturated carbocycles. The Labute approximate surface area is 468 Å². The molecule has 0 fully saturated rings. The van der Waals surface area contributed by atoms with E-state index >= 15 is 0 Å². The highest BCUT2D eigenvalue weighted by atomic mass is 15.0. The normalized spacial score (nSPS) is 11.7. The zero-order valence-corrected chi connectivity index (χ0v) is 44.0. The Morgan fingerprint density at radius 3 is 1.04 bits per heavy atom. The van der Waals surface area contributed by atoms with Crippen molar-refractivity contribution in [3.8, 4) is 84.3 Å². The van der Waals surface area contributed by atoms with Crippen LogP contribution in [0.4, 0.5) is 0 Å². The van der Waals surface area contributed by atoms with E-state index in [0.29, 0.717) is 5.82 Å². The molecular weight excluding hydrogens is 983 g/mol. The highest BCUT2D eigenvalue weighted by Gasteiger charge is 2.20. The first-order valence-corrected chi connectivity index (χ1v) is 27.6. The Hall–Kier alpha value is -10.9. The number of rotatable bonds is 9. The maximum absolute atomic E-state index is 5.68. The van der Waals surface area contributed by atoms with Crippen molar-refractivity contribution < 1.29 is 0 Å². The van der Waals surface area contributed by atoms with Crippen LogP contribution in [0.3, 0.4) is 0 Å². The minimum absolute atomic E-state index is 0.642. The lowest BCUT2D eigenvalue weighted by molar-refractivity contribution is 1.16. The molecule has 0 radical (unpaired) electrons. The molecule has 0 aliphatic carbocycles. The van der Waals surface area contributed by atoms with Crippen LogP contribution in [-0.4, -0.2) is 23.7 Å². The van der Waals surface area contributed by atoms with Crippen molar-refractivity contribution in [1.29, 1.82) is 0 Å². The third kappa shape index (κ3) is 7.85. The van der Waals surface area contributed by atoms with Crippen molar-refractivity contribution in [2.75, 3.05) is 0 Å². The van der Waals surface area contributed by atoms with Crippen molar-refractivity contribution in [2.24, 2.45) is 0 Å². The van der Waals surface area contributed by atoms with Gasteiger partial charge in [0.1, 0.15) is 0 Å². The topological polar surface area (TPSA) is 40.6 Å². The number of fused-ring (bicyclic) bond motifs is 9. The standard InChI is InChI=1S/C76H49N5/c1-4-20-50(21-5-1)54-42-55(51-22-6-2-7-23-51)45-58(44-54)76-77-68(52-36-39-60(40-37-52)80-70-31-15-10-26-62(70)63-27-11-16-32-71(63)80)49-69(78-76)57-43-56(46-61(47-57)81-72-33-17-12-28-64(72)65-29-13-18-34-73(65)81)53-38-41-75-67(48-53)66-30-14-19-35-74(66)79(75)59-24-8-3-9-25-59/h1-49H. The quantitative estimate of drug-likeness (QED) is 0.145. The van der Waals surface area contributed by atoms with Crippen molar-refractivity contribution in [2.45, 2.75) is 0 Å². The lowest BCUT2D eigenvalue weighted by Crippen LogP contribution is -2.00. The molecule has 0 aliphatic rings. The molecule has 12 aromatic carbocycles. The number of aromatic nitrogens is 5. The maximum atomic E-state index is 5.68. The summed E-state index contributed by atoms with van der Waals surface area (Å²) < 4.78 is 7.16. The summed E-state index contributed by atoms with van der Waals surface area (Å²) in [6.07, 6.45) is 0. The summed E-state index contributed by atoms with van der Waals surface area (Å²) in [6.45, 7) is 0. The largest absolute Gasteiger partial charge is 0.309 e. The molecule has 0 N–H and O–H groups in total. The van der Waals surface area contributed by atoms with E-state index in [2.05, 4.69) is 311 Å². The highest BCUT2D eigenvalue weighted by molar-refractivity contribution is 6.12. The van der Waals surface area contributed by atoms with E-state index in [1.165, 1.54) is 48.9 Å². The van der Waals surface area contributed by atoms with Crippen LogP contribution >= 0.6 is 0 Å². The van der Waals surface area contributed by atoms with Crippen molar-refractivity contribution >= 4 is 65.4 Å². The smallest absolute Gasteiger partial charge is 0.160 e. The molecule has 0 spiro atoms. The molecule has 0 aliphatic heterocycles. The van der Waals surface area contributed by atoms with Gasteiger partial charge in [-0.25, -0.2) is 9.97 Å². The number of benzene rings is 12. The van der Waals surface area contributed by atoms with Gasteiger partial charge in [-0.15, -0.1) is 0 Å². The lowest BCUT2D eigenvalue weighted by atomic mass is 9.95. The van der Waals surface area contributed by atoms with Crippen LogP contribution in [0.2, 0.25) is 0 Å². The summed E-state index contributed by atoms with van der Waals surface area (Å²) in [5.41, 5.74) is 21.4. The molecule has 0 atom stereocenters. The second-order valence-electron chi connectivity index (χ2n) is 21.0. The van der Waals surface area contributed by atoms with Gasteiger partial charge in [0.05, 0.1) is 44.5 Å². The van der Waals surface area contributed by atoms with Gasteiger partial charge >= 0.3 is 0 Å². The summed E-state index contributed by atoms with van der Waals surface area (Å²) in [4.78, 5) is 11.2. The third-order valence-corrected chi connectivity index (χ3v) is 16.2. The zero-order valence-electron chi connectivity index (χ0n) is 44.0. The SMILES string of the molecule is c1ccc(-c2cc(-c3ccccc3)cc(-c3nc(-c4ccc(-n5c6ccccc6c6ccccc65)cc4)cc(-c4cc(-c5ccc6c(c5)c5ccccc5n6-c5ccccc5)cc(-n5c6ccccc6c6ccccc65)c4)n3)c2)cc1. The molecule has 16 rings (SSSR count). The lowest BCUT2D eigenvalue weighted by Gasteiger charge is -2.16. The average Bonchev–Trinajstić information content (AvgIpc) is 4.27. The Morgan fingerprint density at radius 1 is 0.185 bits per heavy atom. The van der Waals surface area contributed by atoms with Crippen LogP contribution in [-0.2, 0) is 0 Å². The number of para-hydroxylation sites is 6. The predicted octanol–water partition coefficient (Wildman–Crippen LogP) is 19.8. The van der Waals surface area contributed by atoms with Gasteiger partial charge in [-0.2, -0.15) is 0 Å². The molecule has 16 aromatic rings. The van der Waals surface area contributed by atoms with Crippen molar-refractivity contribution in [3.63, 3.8) is 0 Å². The Kier molecular flexibility index (Phi) is 10.8. The van der Waals surface area contributed by atoms with Crippen molar-refractivity contribution in [1.82, 2.24) is 23.7 Å². The van der Waals surface area contributed by atoms with Crippen LogP contribution in [0.25, 0.3) is 150 Å². The Morgan fingerprint density at radius 2 is 0.531 bits per heavy atom. The van der Waals surface area contributed by atoms with Gasteiger partial charge < -0.3 is 13.7 Å². The Balaban J connectivity index is 0.940. The van der Waals surface area contributed by atoms with Gasteiger partial charge in [-0.1, -0.05) is 188 Å². The fourth-order valence-electron chi connectivity index (χ4n) is 12.5. The van der Waals surface area contributed by atoms with E-state index in [4.69, 9.17) is 9.97 Å². The first-order chi connectivity index (χ1) is 40.1. The number of hydrogen-bond acceptors (Lipinski definition) is 2. The number of nitrogens with zero attached hydrogens (tertiary/aromatic N) is 5. The average molecular weight is 1030 g/mol. The van der Waals surface area contributed by atoms with Crippen LogP contribution in [0.5, 0.6) is 0 Å². The molecule has 0 bridgehead atoms. The van der Waals surface area contributed by atoms with Crippen LogP contribution < -0.4 is 0 Å². The van der Waals surface area contributed by atoms with Gasteiger partial charge in [0.15, 0.2) is 5.82 Å². The summed E-state index contributed by atoms with van der Waals surface area (Å²) >= 11 is 0. The monoisotopic (exact) mass is 1030 g/mol.